The number of aliphatic hydroxyl groups excluding tert-OH is 1. The molecule has 3 rings (SSSR count). The van der Waals surface area contributed by atoms with Gasteiger partial charge in [-0.1, -0.05) is 24.3 Å². The van der Waals surface area contributed by atoms with Crippen LogP contribution in [0.3, 0.4) is 0 Å². The van der Waals surface area contributed by atoms with Crippen molar-refractivity contribution in [1.29, 1.82) is 0 Å². The zero-order chi connectivity index (χ0) is 11.0. The van der Waals surface area contributed by atoms with Crippen molar-refractivity contribution in [2.45, 2.75) is 44.4 Å². The van der Waals surface area contributed by atoms with Crippen LogP contribution >= 0.6 is 0 Å². The van der Waals surface area contributed by atoms with Crippen molar-refractivity contribution in [2.75, 3.05) is 6.54 Å². The summed E-state index contributed by atoms with van der Waals surface area (Å²) in [7, 11) is 0. The maximum absolute atomic E-state index is 9.95. The van der Waals surface area contributed by atoms with Gasteiger partial charge in [-0.25, -0.2) is 0 Å². The average Bonchev–Trinajstić information content (AvgIpc) is 2.75. The number of nitrogens with zero attached hydrogens (tertiary/aromatic N) is 1. The van der Waals surface area contributed by atoms with Gasteiger partial charge >= 0.3 is 0 Å². The molecule has 2 nitrogen and oxygen atoms in total. The maximum atomic E-state index is 9.95. The lowest BCUT2D eigenvalue weighted by Crippen LogP contribution is -2.43. The Hall–Kier alpha value is -0.860. The molecule has 1 aliphatic heterocycles. The van der Waals surface area contributed by atoms with Crippen molar-refractivity contribution in [3.8, 4) is 0 Å². The van der Waals surface area contributed by atoms with Crippen LogP contribution in [-0.2, 0) is 13.0 Å². The normalized spacial score (nSPS) is 30.3. The minimum Gasteiger partial charge on any atom is -0.391 e. The summed E-state index contributed by atoms with van der Waals surface area (Å²) >= 11 is 0. The van der Waals surface area contributed by atoms with E-state index in [9.17, 15) is 5.11 Å². The molecule has 0 saturated heterocycles. The SMILES string of the molecule is O[C@H]1CCC[C@@H]1N1CCc2ccccc2C1. The topological polar surface area (TPSA) is 23.5 Å². The Kier molecular flexibility index (Phi) is 2.70. The summed E-state index contributed by atoms with van der Waals surface area (Å²) < 4.78 is 0. The first-order valence-corrected chi connectivity index (χ1v) is 6.33. The van der Waals surface area contributed by atoms with E-state index in [1.165, 1.54) is 24.0 Å². The van der Waals surface area contributed by atoms with Crippen LogP contribution in [0.2, 0.25) is 0 Å². The number of rotatable bonds is 1. The molecule has 0 amide bonds. The van der Waals surface area contributed by atoms with Crippen LogP contribution in [0.4, 0.5) is 0 Å². The highest BCUT2D eigenvalue weighted by molar-refractivity contribution is 5.29. The van der Waals surface area contributed by atoms with Crippen LogP contribution in [0.1, 0.15) is 30.4 Å². The fourth-order valence-electron chi connectivity index (χ4n) is 3.15. The van der Waals surface area contributed by atoms with Gasteiger partial charge in [0.2, 0.25) is 0 Å². The van der Waals surface area contributed by atoms with E-state index in [1.54, 1.807) is 0 Å². The summed E-state index contributed by atoms with van der Waals surface area (Å²) in [5.41, 5.74) is 2.94. The molecule has 1 saturated carbocycles. The van der Waals surface area contributed by atoms with Crippen LogP contribution < -0.4 is 0 Å². The van der Waals surface area contributed by atoms with Gasteiger partial charge in [0.1, 0.15) is 0 Å². The van der Waals surface area contributed by atoms with Gasteiger partial charge in [0, 0.05) is 19.1 Å². The molecule has 0 aromatic heterocycles. The largest absolute Gasteiger partial charge is 0.391 e. The summed E-state index contributed by atoms with van der Waals surface area (Å²) in [6, 6.07) is 9.11. The van der Waals surface area contributed by atoms with E-state index in [4.69, 9.17) is 0 Å². The molecule has 0 unspecified atom stereocenters. The monoisotopic (exact) mass is 217 g/mol. The lowest BCUT2D eigenvalue weighted by Gasteiger charge is -2.35. The molecule has 1 heterocycles. The van der Waals surface area contributed by atoms with E-state index in [0.29, 0.717) is 6.04 Å². The van der Waals surface area contributed by atoms with E-state index in [-0.39, 0.29) is 6.10 Å². The second-order valence-corrected chi connectivity index (χ2v) is 5.05. The second-order valence-electron chi connectivity index (χ2n) is 5.05. The fraction of sp³-hybridized carbons (Fsp3) is 0.571. The Labute approximate surface area is 96.9 Å². The predicted octanol–water partition coefficient (Wildman–Crippen LogP) is 1.96. The fourth-order valence-corrected chi connectivity index (χ4v) is 3.15. The van der Waals surface area contributed by atoms with Crippen molar-refractivity contribution in [3.63, 3.8) is 0 Å². The van der Waals surface area contributed by atoms with Crippen LogP contribution in [0.5, 0.6) is 0 Å². The van der Waals surface area contributed by atoms with Crippen molar-refractivity contribution < 1.29 is 5.11 Å². The van der Waals surface area contributed by atoms with Gasteiger partial charge in [0.15, 0.2) is 0 Å². The molecule has 2 atom stereocenters. The van der Waals surface area contributed by atoms with Crippen molar-refractivity contribution >= 4 is 0 Å². The Morgan fingerprint density at radius 2 is 1.94 bits per heavy atom. The third-order valence-electron chi connectivity index (χ3n) is 4.07. The lowest BCUT2D eigenvalue weighted by molar-refractivity contribution is 0.0626. The highest BCUT2D eigenvalue weighted by Gasteiger charge is 2.32. The molecule has 1 aliphatic carbocycles. The standard InChI is InChI=1S/C14H19NO/c16-14-7-3-6-13(14)15-9-8-11-4-1-2-5-12(11)10-15/h1-2,4-5,13-14,16H,3,6-10H2/t13-,14-/m0/s1. The number of fused-ring (bicyclic) bond motifs is 1. The second kappa shape index (κ2) is 4.19. The van der Waals surface area contributed by atoms with Crippen molar-refractivity contribution in [3.05, 3.63) is 35.4 Å². The van der Waals surface area contributed by atoms with E-state index >= 15 is 0 Å². The molecule has 2 heteroatoms. The highest BCUT2D eigenvalue weighted by Crippen LogP contribution is 2.28. The molecular formula is C14H19NO. The Bertz CT molecular complexity index is 377. The smallest absolute Gasteiger partial charge is 0.0695 e. The van der Waals surface area contributed by atoms with Gasteiger partial charge in [0.25, 0.3) is 0 Å². The maximum Gasteiger partial charge on any atom is 0.0695 e. The van der Waals surface area contributed by atoms with Crippen LogP contribution in [0.15, 0.2) is 24.3 Å². The molecule has 0 radical (unpaired) electrons. The van der Waals surface area contributed by atoms with Gasteiger partial charge in [-0.2, -0.15) is 0 Å². The Balaban J connectivity index is 1.77. The number of hydrogen-bond acceptors (Lipinski definition) is 2. The Morgan fingerprint density at radius 1 is 1.12 bits per heavy atom. The van der Waals surface area contributed by atoms with Gasteiger partial charge in [-0.05, 0) is 36.8 Å². The van der Waals surface area contributed by atoms with E-state index in [0.717, 1.165) is 25.9 Å². The molecule has 86 valence electrons. The quantitative estimate of drug-likeness (QED) is 0.777. The first-order valence-electron chi connectivity index (χ1n) is 6.33. The zero-order valence-corrected chi connectivity index (χ0v) is 9.60. The molecule has 1 aromatic carbocycles. The molecule has 1 fully saturated rings. The summed E-state index contributed by atoms with van der Waals surface area (Å²) in [5, 5.41) is 9.95. The lowest BCUT2D eigenvalue weighted by atomic mass is 9.98. The average molecular weight is 217 g/mol. The zero-order valence-electron chi connectivity index (χ0n) is 9.60. The third-order valence-corrected chi connectivity index (χ3v) is 4.07. The van der Waals surface area contributed by atoms with Crippen LogP contribution in [0.25, 0.3) is 0 Å². The summed E-state index contributed by atoms with van der Waals surface area (Å²) in [6.45, 7) is 2.14. The van der Waals surface area contributed by atoms with Crippen molar-refractivity contribution in [2.24, 2.45) is 0 Å². The third kappa shape index (κ3) is 1.76. The van der Waals surface area contributed by atoms with Crippen LogP contribution in [0, 0.1) is 0 Å². The predicted molar refractivity (Wildman–Crippen MR) is 64.2 cm³/mol. The molecule has 16 heavy (non-hydrogen) atoms. The summed E-state index contributed by atoms with van der Waals surface area (Å²) in [6.07, 6.45) is 4.39. The number of hydrogen-bond donors (Lipinski definition) is 1. The molecule has 1 N–H and O–H groups in total. The van der Waals surface area contributed by atoms with Gasteiger partial charge < -0.3 is 5.11 Å². The molecule has 1 aromatic rings. The van der Waals surface area contributed by atoms with Crippen molar-refractivity contribution in [1.82, 2.24) is 4.90 Å². The Morgan fingerprint density at radius 3 is 2.69 bits per heavy atom. The van der Waals surface area contributed by atoms with E-state index in [2.05, 4.69) is 29.2 Å². The van der Waals surface area contributed by atoms with E-state index < -0.39 is 0 Å². The molecular weight excluding hydrogens is 198 g/mol. The summed E-state index contributed by atoms with van der Waals surface area (Å²) in [4.78, 5) is 2.47. The van der Waals surface area contributed by atoms with Gasteiger partial charge in [0.05, 0.1) is 6.10 Å². The first kappa shape index (κ1) is 10.3. The van der Waals surface area contributed by atoms with Gasteiger partial charge in [-0.15, -0.1) is 0 Å². The molecule has 2 aliphatic rings. The summed E-state index contributed by atoms with van der Waals surface area (Å²) in [5.74, 6) is 0. The van der Waals surface area contributed by atoms with E-state index in [1.807, 2.05) is 0 Å². The minimum absolute atomic E-state index is 0.0923. The number of aliphatic hydroxyl groups is 1. The molecule has 0 spiro atoms. The molecule has 0 bridgehead atoms. The number of benzene rings is 1. The highest BCUT2D eigenvalue weighted by atomic mass is 16.3. The van der Waals surface area contributed by atoms with Crippen LogP contribution in [-0.4, -0.2) is 28.7 Å². The first-order chi connectivity index (χ1) is 7.84. The minimum atomic E-state index is -0.0923. The van der Waals surface area contributed by atoms with Gasteiger partial charge in [-0.3, -0.25) is 4.90 Å².